The van der Waals surface area contributed by atoms with Gasteiger partial charge in [0.1, 0.15) is 16.4 Å². The van der Waals surface area contributed by atoms with Crippen molar-refractivity contribution in [2.24, 2.45) is 5.10 Å². The third kappa shape index (κ3) is 7.49. The number of methoxy groups -OCH3 is 1. The molecule has 8 nitrogen and oxygen atoms in total. The molecule has 39 heavy (non-hydrogen) atoms. The Kier molecular flexibility index (Phi) is 9.77. The fourth-order valence-electron chi connectivity index (χ4n) is 3.47. The number of carbonyl (C=O) groups excluding carboxylic acids is 2. The number of amides is 1. The molecule has 4 aromatic rings. The summed E-state index contributed by atoms with van der Waals surface area (Å²) in [5, 5.41) is 5.11. The summed E-state index contributed by atoms with van der Waals surface area (Å²) in [4.78, 5) is 25.2. The van der Waals surface area contributed by atoms with E-state index in [1.807, 2.05) is 24.3 Å². The first-order chi connectivity index (χ1) is 19.0. The number of nitrogens with one attached hydrogen (secondary N) is 1. The summed E-state index contributed by atoms with van der Waals surface area (Å²) in [5.41, 5.74) is 3.03. The number of esters is 1. The van der Waals surface area contributed by atoms with Crippen molar-refractivity contribution in [1.82, 2.24) is 5.43 Å². The Balaban J connectivity index is 1.29. The molecule has 0 saturated heterocycles. The zero-order chi connectivity index (χ0) is 27.6. The van der Waals surface area contributed by atoms with Crippen LogP contribution in [0.5, 0.6) is 23.0 Å². The Bertz CT molecular complexity index is 1470. The standard InChI is InChI=1S/C29H27ClN2O6S/c1-3-4-15-36-20-10-12-21(13-11-20)37-18-26(33)32-31-17-19-9-14-23(24(16-19)35-2)38-29(34)28-27(30)22-7-5-6-8-25(22)39-28/h5-14,16-17H,3-4,15,18H2,1-2H3,(H,32,33). The van der Waals surface area contributed by atoms with Crippen LogP contribution in [0.1, 0.15) is 35.0 Å². The van der Waals surface area contributed by atoms with Gasteiger partial charge in [-0.05, 0) is 60.5 Å². The lowest BCUT2D eigenvalue weighted by Gasteiger charge is -2.09. The molecule has 3 aromatic carbocycles. The maximum Gasteiger partial charge on any atom is 0.355 e. The molecular weight excluding hydrogens is 540 g/mol. The van der Waals surface area contributed by atoms with E-state index < -0.39 is 11.9 Å². The molecular formula is C29H27ClN2O6S. The molecule has 0 spiro atoms. The number of hydrazone groups is 1. The van der Waals surface area contributed by atoms with Crippen LogP contribution in [0.3, 0.4) is 0 Å². The van der Waals surface area contributed by atoms with Crippen LogP contribution >= 0.6 is 22.9 Å². The lowest BCUT2D eigenvalue weighted by atomic mass is 10.2. The van der Waals surface area contributed by atoms with Gasteiger partial charge < -0.3 is 18.9 Å². The molecule has 0 aliphatic heterocycles. The summed E-state index contributed by atoms with van der Waals surface area (Å²) in [6.07, 6.45) is 3.50. The minimum absolute atomic E-state index is 0.203. The molecule has 1 amide bonds. The lowest BCUT2D eigenvalue weighted by Crippen LogP contribution is -2.24. The van der Waals surface area contributed by atoms with Crippen LogP contribution in [0.2, 0.25) is 5.02 Å². The van der Waals surface area contributed by atoms with Gasteiger partial charge in [0.2, 0.25) is 0 Å². The first-order valence-electron chi connectivity index (χ1n) is 12.2. The monoisotopic (exact) mass is 566 g/mol. The number of benzene rings is 3. The van der Waals surface area contributed by atoms with E-state index in [1.54, 1.807) is 42.5 Å². The van der Waals surface area contributed by atoms with Crippen molar-refractivity contribution in [3.63, 3.8) is 0 Å². The highest BCUT2D eigenvalue weighted by Crippen LogP contribution is 2.37. The summed E-state index contributed by atoms with van der Waals surface area (Å²) >= 11 is 7.66. The Morgan fingerprint density at radius 2 is 1.74 bits per heavy atom. The van der Waals surface area contributed by atoms with Crippen LogP contribution in [0.4, 0.5) is 0 Å². The number of hydrogen-bond acceptors (Lipinski definition) is 8. The molecule has 1 aromatic heterocycles. The summed E-state index contributed by atoms with van der Waals surface area (Å²) in [7, 11) is 1.46. The van der Waals surface area contributed by atoms with Gasteiger partial charge in [-0.3, -0.25) is 4.79 Å². The van der Waals surface area contributed by atoms with Crippen molar-refractivity contribution in [2.75, 3.05) is 20.3 Å². The largest absolute Gasteiger partial charge is 0.494 e. The van der Waals surface area contributed by atoms with Crippen molar-refractivity contribution in [3.05, 3.63) is 82.2 Å². The van der Waals surface area contributed by atoms with Gasteiger partial charge in [-0.25, -0.2) is 10.2 Å². The van der Waals surface area contributed by atoms with Crippen molar-refractivity contribution < 1.29 is 28.5 Å². The molecule has 1 heterocycles. The van der Waals surface area contributed by atoms with E-state index in [9.17, 15) is 9.59 Å². The maximum absolute atomic E-state index is 12.8. The second-order valence-electron chi connectivity index (χ2n) is 8.30. The number of unbranched alkanes of at least 4 members (excludes halogenated alkanes) is 1. The Hall–Kier alpha value is -4.08. The molecule has 0 aliphatic carbocycles. The number of nitrogens with zero attached hydrogens (tertiary/aromatic N) is 1. The molecule has 0 aliphatic rings. The quantitative estimate of drug-likeness (QED) is 0.0692. The second-order valence-corrected chi connectivity index (χ2v) is 9.73. The van der Waals surface area contributed by atoms with E-state index in [-0.39, 0.29) is 12.4 Å². The molecule has 0 unspecified atom stereocenters. The maximum atomic E-state index is 12.8. The van der Waals surface area contributed by atoms with Gasteiger partial charge in [-0.1, -0.05) is 43.1 Å². The molecule has 202 valence electrons. The summed E-state index contributed by atoms with van der Waals surface area (Å²) in [6, 6.07) is 19.5. The average molecular weight is 567 g/mol. The summed E-state index contributed by atoms with van der Waals surface area (Å²) in [6.45, 7) is 2.57. The van der Waals surface area contributed by atoms with Gasteiger partial charge in [-0.2, -0.15) is 5.10 Å². The molecule has 0 saturated carbocycles. The van der Waals surface area contributed by atoms with Crippen molar-refractivity contribution in [2.45, 2.75) is 19.8 Å². The number of ether oxygens (including phenoxy) is 4. The minimum Gasteiger partial charge on any atom is -0.494 e. The Morgan fingerprint density at radius 1 is 1.00 bits per heavy atom. The van der Waals surface area contributed by atoms with E-state index in [4.69, 9.17) is 30.5 Å². The lowest BCUT2D eigenvalue weighted by molar-refractivity contribution is -0.123. The zero-order valence-corrected chi connectivity index (χ0v) is 23.0. The predicted octanol–water partition coefficient (Wildman–Crippen LogP) is 6.49. The van der Waals surface area contributed by atoms with Gasteiger partial charge in [0.15, 0.2) is 18.1 Å². The highest BCUT2D eigenvalue weighted by molar-refractivity contribution is 7.21. The molecule has 0 atom stereocenters. The molecule has 4 rings (SSSR count). The van der Waals surface area contributed by atoms with Crippen LogP contribution in [0.15, 0.2) is 71.8 Å². The number of halogens is 1. The molecule has 10 heteroatoms. The van der Waals surface area contributed by atoms with Crippen LogP contribution in [0, 0.1) is 0 Å². The molecule has 0 fully saturated rings. The van der Waals surface area contributed by atoms with Gasteiger partial charge in [0.25, 0.3) is 5.91 Å². The molecule has 1 N–H and O–H groups in total. The van der Waals surface area contributed by atoms with Crippen LogP contribution in [-0.2, 0) is 4.79 Å². The zero-order valence-electron chi connectivity index (χ0n) is 21.4. The van der Waals surface area contributed by atoms with Crippen molar-refractivity contribution in [1.29, 1.82) is 0 Å². The Morgan fingerprint density at radius 3 is 2.46 bits per heavy atom. The number of hydrogen-bond donors (Lipinski definition) is 1. The average Bonchev–Trinajstić information content (AvgIpc) is 3.30. The topological polar surface area (TPSA) is 95.5 Å². The Labute approximate surface area is 235 Å². The van der Waals surface area contributed by atoms with Gasteiger partial charge in [-0.15, -0.1) is 11.3 Å². The molecule has 0 radical (unpaired) electrons. The SMILES string of the molecule is CCCCOc1ccc(OCC(=O)NN=Cc2ccc(OC(=O)c3sc4ccccc4c3Cl)c(OC)c2)cc1. The smallest absolute Gasteiger partial charge is 0.355 e. The van der Waals surface area contributed by atoms with E-state index in [0.29, 0.717) is 33.6 Å². The third-order valence-electron chi connectivity index (χ3n) is 5.47. The number of rotatable bonds is 12. The molecule has 0 bridgehead atoms. The van der Waals surface area contributed by atoms with Gasteiger partial charge in [0.05, 0.1) is 25.0 Å². The second kappa shape index (κ2) is 13.6. The minimum atomic E-state index is -0.577. The van der Waals surface area contributed by atoms with E-state index in [2.05, 4.69) is 17.5 Å². The summed E-state index contributed by atoms with van der Waals surface area (Å²) in [5.74, 6) is 0.849. The first-order valence-corrected chi connectivity index (χ1v) is 13.4. The fourth-order valence-corrected chi connectivity index (χ4v) is 4.85. The third-order valence-corrected chi connectivity index (χ3v) is 7.13. The predicted molar refractivity (Wildman–Crippen MR) is 153 cm³/mol. The van der Waals surface area contributed by atoms with E-state index in [0.717, 1.165) is 28.7 Å². The van der Waals surface area contributed by atoms with Gasteiger partial charge >= 0.3 is 5.97 Å². The van der Waals surface area contributed by atoms with Crippen molar-refractivity contribution in [3.8, 4) is 23.0 Å². The van der Waals surface area contributed by atoms with E-state index >= 15 is 0 Å². The number of thiophene rings is 1. The highest BCUT2D eigenvalue weighted by Gasteiger charge is 2.20. The van der Waals surface area contributed by atoms with Gasteiger partial charge in [0, 0.05) is 10.1 Å². The number of fused-ring (bicyclic) bond motifs is 1. The van der Waals surface area contributed by atoms with Crippen LogP contribution in [-0.4, -0.2) is 38.4 Å². The van der Waals surface area contributed by atoms with Crippen molar-refractivity contribution >= 4 is 51.1 Å². The highest BCUT2D eigenvalue weighted by atomic mass is 35.5. The summed E-state index contributed by atoms with van der Waals surface area (Å²) < 4.78 is 22.9. The number of carbonyl (C=O) groups is 2. The van der Waals surface area contributed by atoms with Crippen LogP contribution < -0.4 is 24.4 Å². The normalized spacial score (nSPS) is 10.9. The first kappa shape index (κ1) is 27.9. The fraction of sp³-hybridized carbons (Fsp3) is 0.207. The van der Waals surface area contributed by atoms with E-state index in [1.165, 1.54) is 24.7 Å². The van der Waals surface area contributed by atoms with Crippen LogP contribution in [0.25, 0.3) is 10.1 Å².